The van der Waals surface area contributed by atoms with Gasteiger partial charge in [-0.1, -0.05) is 31.2 Å². The molecule has 0 fully saturated rings. The van der Waals surface area contributed by atoms with Crippen molar-refractivity contribution in [1.82, 2.24) is 5.32 Å². The smallest absolute Gasteiger partial charge is 0.307 e. The monoisotopic (exact) mass is 251 g/mol. The molecule has 0 aliphatic carbocycles. The summed E-state index contributed by atoms with van der Waals surface area (Å²) in [5.41, 5.74) is 2.30. The van der Waals surface area contributed by atoms with E-state index < -0.39 is 5.97 Å². The Balaban J connectivity index is 2.48. The zero-order valence-electron chi connectivity index (χ0n) is 11.0. The Labute approximate surface area is 108 Å². The lowest BCUT2D eigenvalue weighted by atomic mass is 10.1. The fourth-order valence-corrected chi connectivity index (χ4v) is 1.59. The fourth-order valence-electron chi connectivity index (χ4n) is 1.59. The minimum atomic E-state index is -0.773. The Kier molecular flexibility index (Phi) is 6.39. The van der Waals surface area contributed by atoms with Crippen LogP contribution in [0.4, 0.5) is 0 Å². The summed E-state index contributed by atoms with van der Waals surface area (Å²) < 4.78 is 5.40. The minimum absolute atomic E-state index is 0.371. The van der Waals surface area contributed by atoms with Crippen LogP contribution in [0.5, 0.6) is 0 Å². The average Bonchev–Trinajstić information content (AvgIpc) is 2.37. The van der Waals surface area contributed by atoms with Crippen molar-refractivity contribution < 1.29 is 14.6 Å². The molecular weight excluding hydrogens is 230 g/mol. The van der Waals surface area contributed by atoms with Gasteiger partial charge in [-0.2, -0.15) is 0 Å². The second kappa shape index (κ2) is 7.84. The van der Waals surface area contributed by atoms with Crippen molar-refractivity contribution >= 4 is 5.97 Å². The van der Waals surface area contributed by atoms with E-state index in [0.717, 1.165) is 11.1 Å². The molecule has 0 saturated heterocycles. The van der Waals surface area contributed by atoms with Crippen LogP contribution in [-0.4, -0.2) is 24.2 Å². The molecule has 1 aromatic rings. The number of benzene rings is 1. The number of carboxylic acids is 1. The van der Waals surface area contributed by atoms with Crippen LogP contribution in [0.1, 0.15) is 25.0 Å². The lowest BCUT2D eigenvalue weighted by Crippen LogP contribution is -2.26. The van der Waals surface area contributed by atoms with Gasteiger partial charge in [0.1, 0.15) is 0 Å². The van der Waals surface area contributed by atoms with Gasteiger partial charge < -0.3 is 15.2 Å². The highest BCUT2D eigenvalue weighted by Gasteiger charge is 2.10. The van der Waals surface area contributed by atoms with E-state index in [9.17, 15) is 4.79 Å². The molecule has 0 bridgehead atoms. The summed E-state index contributed by atoms with van der Waals surface area (Å²) in [4.78, 5) is 10.7. The molecule has 0 aromatic heterocycles. The van der Waals surface area contributed by atoms with E-state index in [0.29, 0.717) is 26.3 Å². The SMILES string of the molecule is CCOCc1ccccc1CNCC(C)C(=O)O. The second-order valence-corrected chi connectivity index (χ2v) is 4.28. The van der Waals surface area contributed by atoms with Crippen molar-refractivity contribution in [1.29, 1.82) is 0 Å². The first-order valence-electron chi connectivity index (χ1n) is 6.23. The van der Waals surface area contributed by atoms with Crippen molar-refractivity contribution in [3.63, 3.8) is 0 Å². The Bertz CT molecular complexity index is 379. The van der Waals surface area contributed by atoms with Crippen molar-refractivity contribution in [2.75, 3.05) is 13.2 Å². The summed E-state index contributed by atoms with van der Waals surface area (Å²) in [6.07, 6.45) is 0. The van der Waals surface area contributed by atoms with Crippen molar-refractivity contribution in [2.45, 2.75) is 27.0 Å². The fraction of sp³-hybridized carbons (Fsp3) is 0.500. The third-order valence-corrected chi connectivity index (χ3v) is 2.77. The zero-order chi connectivity index (χ0) is 13.4. The third-order valence-electron chi connectivity index (χ3n) is 2.77. The second-order valence-electron chi connectivity index (χ2n) is 4.28. The predicted molar refractivity (Wildman–Crippen MR) is 70.3 cm³/mol. The molecule has 0 aliphatic rings. The molecule has 2 N–H and O–H groups in total. The summed E-state index contributed by atoms with van der Waals surface area (Å²) in [5, 5.41) is 12.0. The molecule has 0 aliphatic heterocycles. The van der Waals surface area contributed by atoms with E-state index in [1.165, 1.54) is 0 Å². The van der Waals surface area contributed by atoms with Crippen LogP contribution in [0, 0.1) is 5.92 Å². The van der Waals surface area contributed by atoms with Crippen LogP contribution >= 0.6 is 0 Å². The summed E-state index contributed by atoms with van der Waals surface area (Å²) in [6.45, 7) is 6.09. The quantitative estimate of drug-likeness (QED) is 0.742. The number of ether oxygens (including phenoxy) is 1. The number of carbonyl (C=O) groups is 1. The topological polar surface area (TPSA) is 58.6 Å². The molecule has 18 heavy (non-hydrogen) atoms. The molecule has 0 spiro atoms. The maximum atomic E-state index is 10.7. The predicted octanol–water partition coefficient (Wildman–Crippen LogP) is 2.03. The van der Waals surface area contributed by atoms with Crippen LogP contribution in [0.15, 0.2) is 24.3 Å². The number of hydrogen-bond acceptors (Lipinski definition) is 3. The standard InChI is InChI=1S/C14H21NO3/c1-3-18-10-13-7-5-4-6-12(13)9-15-8-11(2)14(16)17/h4-7,11,15H,3,8-10H2,1-2H3,(H,16,17). The van der Waals surface area contributed by atoms with Crippen molar-refractivity contribution in [3.8, 4) is 0 Å². The van der Waals surface area contributed by atoms with Gasteiger partial charge in [0.05, 0.1) is 12.5 Å². The van der Waals surface area contributed by atoms with Crippen molar-refractivity contribution in [3.05, 3.63) is 35.4 Å². The summed E-state index contributed by atoms with van der Waals surface area (Å²) in [7, 11) is 0. The Morgan fingerprint density at radius 3 is 2.67 bits per heavy atom. The van der Waals surface area contributed by atoms with Crippen LogP contribution in [0.3, 0.4) is 0 Å². The maximum Gasteiger partial charge on any atom is 0.307 e. The minimum Gasteiger partial charge on any atom is -0.481 e. The van der Waals surface area contributed by atoms with Gasteiger partial charge in [-0.3, -0.25) is 4.79 Å². The van der Waals surface area contributed by atoms with Gasteiger partial charge in [0.15, 0.2) is 0 Å². The number of nitrogens with one attached hydrogen (secondary N) is 1. The average molecular weight is 251 g/mol. The van der Waals surface area contributed by atoms with E-state index in [-0.39, 0.29) is 5.92 Å². The number of hydrogen-bond donors (Lipinski definition) is 2. The van der Waals surface area contributed by atoms with Crippen LogP contribution in [0.25, 0.3) is 0 Å². The summed E-state index contributed by atoms with van der Waals surface area (Å²) >= 11 is 0. The van der Waals surface area contributed by atoms with Gasteiger partial charge in [0, 0.05) is 19.7 Å². The van der Waals surface area contributed by atoms with Gasteiger partial charge in [-0.05, 0) is 18.1 Å². The Morgan fingerprint density at radius 2 is 2.06 bits per heavy atom. The van der Waals surface area contributed by atoms with Crippen LogP contribution in [-0.2, 0) is 22.7 Å². The van der Waals surface area contributed by atoms with Gasteiger partial charge >= 0.3 is 5.97 Å². The first-order valence-corrected chi connectivity index (χ1v) is 6.23. The van der Waals surface area contributed by atoms with Gasteiger partial charge in [-0.15, -0.1) is 0 Å². The molecule has 4 nitrogen and oxygen atoms in total. The Morgan fingerprint density at radius 1 is 1.39 bits per heavy atom. The lowest BCUT2D eigenvalue weighted by Gasteiger charge is -2.12. The molecule has 0 amide bonds. The number of aliphatic carboxylic acids is 1. The largest absolute Gasteiger partial charge is 0.481 e. The zero-order valence-corrected chi connectivity index (χ0v) is 11.0. The van der Waals surface area contributed by atoms with Crippen LogP contribution < -0.4 is 5.32 Å². The molecule has 1 aromatic carbocycles. The maximum absolute atomic E-state index is 10.7. The van der Waals surface area contributed by atoms with Crippen molar-refractivity contribution in [2.24, 2.45) is 5.92 Å². The molecule has 0 heterocycles. The molecule has 100 valence electrons. The van der Waals surface area contributed by atoms with Gasteiger partial charge in [0.2, 0.25) is 0 Å². The first-order chi connectivity index (χ1) is 8.65. The van der Waals surface area contributed by atoms with E-state index in [1.807, 2.05) is 31.2 Å². The molecule has 4 heteroatoms. The molecule has 0 saturated carbocycles. The summed E-state index contributed by atoms with van der Waals surface area (Å²) in [6, 6.07) is 8.03. The van der Waals surface area contributed by atoms with E-state index in [1.54, 1.807) is 6.92 Å². The van der Waals surface area contributed by atoms with E-state index in [4.69, 9.17) is 9.84 Å². The lowest BCUT2D eigenvalue weighted by molar-refractivity contribution is -0.140. The first kappa shape index (κ1) is 14.7. The highest BCUT2D eigenvalue weighted by atomic mass is 16.5. The van der Waals surface area contributed by atoms with Gasteiger partial charge in [-0.25, -0.2) is 0 Å². The normalized spacial score (nSPS) is 12.3. The highest BCUT2D eigenvalue weighted by molar-refractivity contribution is 5.69. The van der Waals surface area contributed by atoms with Gasteiger partial charge in [0.25, 0.3) is 0 Å². The molecule has 1 unspecified atom stereocenters. The molecule has 0 radical (unpaired) electrons. The van der Waals surface area contributed by atoms with E-state index in [2.05, 4.69) is 5.32 Å². The molecule has 1 rings (SSSR count). The van der Waals surface area contributed by atoms with E-state index >= 15 is 0 Å². The third kappa shape index (κ3) is 4.85. The molecule has 1 atom stereocenters. The molecular formula is C14H21NO3. The highest BCUT2D eigenvalue weighted by Crippen LogP contribution is 2.10. The summed E-state index contributed by atoms with van der Waals surface area (Å²) in [5.74, 6) is -1.14. The van der Waals surface area contributed by atoms with Crippen LogP contribution in [0.2, 0.25) is 0 Å². The Hall–Kier alpha value is -1.39. The number of rotatable bonds is 8. The number of carboxylic acid groups (broad SMARTS) is 1.